The van der Waals surface area contributed by atoms with E-state index in [1.165, 1.54) is 12.1 Å². The Bertz CT molecular complexity index is 628. The van der Waals surface area contributed by atoms with Crippen molar-refractivity contribution in [2.75, 3.05) is 25.2 Å². The van der Waals surface area contributed by atoms with Crippen molar-refractivity contribution in [2.45, 2.75) is 11.3 Å². The first-order valence-corrected chi connectivity index (χ1v) is 7.75. The zero-order valence-electron chi connectivity index (χ0n) is 11.1. The number of anilines is 1. The summed E-state index contributed by atoms with van der Waals surface area (Å²) in [5.41, 5.74) is 2.00. The Morgan fingerprint density at radius 3 is 2.81 bits per heavy atom. The number of nitrogens with two attached hydrogens (primary N) is 1. The number of hydrazine groups is 1. The number of nitrogens with zero attached hydrogens (tertiary/aromatic N) is 1. The number of benzene rings is 1. The van der Waals surface area contributed by atoms with Crippen molar-refractivity contribution in [1.29, 1.82) is 0 Å². The topological polar surface area (TPSA) is 137 Å². The number of hydrogen-bond donors (Lipinski definition) is 3. The summed E-state index contributed by atoms with van der Waals surface area (Å²) in [6.45, 7) is 1.33. The molecule has 1 atom stereocenters. The molecule has 0 aromatic heterocycles. The molecule has 1 heterocycles. The molecule has 0 amide bonds. The molecule has 0 radical (unpaired) electrons. The van der Waals surface area contributed by atoms with E-state index in [-0.39, 0.29) is 28.7 Å². The number of hydrogen-bond acceptors (Lipinski definition) is 7. The van der Waals surface area contributed by atoms with Crippen LogP contribution < -0.4 is 16.0 Å². The summed E-state index contributed by atoms with van der Waals surface area (Å²) < 4.78 is 32.1. The van der Waals surface area contributed by atoms with Crippen LogP contribution in [-0.2, 0) is 14.8 Å². The molecule has 2 rings (SSSR count). The number of nitro groups is 1. The van der Waals surface area contributed by atoms with E-state index in [9.17, 15) is 18.5 Å². The van der Waals surface area contributed by atoms with Crippen LogP contribution in [0, 0.1) is 16.0 Å². The highest BCUT2D eigenvalue weighted by Gasteiger charge is 2.24. The molecule has 1 aromatic rings. The van der Waals surface area contributed by atoms with Gasteiger partial charge in [-0.25, -0.2) is 13.1 Å². The minimum absolute atomic E-state index is 0.0933. The van der Waals surface area contributed by atoms with Gasteiger partial charge in [0.2, 0.25) is 10.0 Å². The second-order valence-corrected chi connectivity index (χ2v) is 6.40. The molecule has 0 saturated carbocycles. The van der Waals surface area contributed by atoms with Crippen LogP contribution >= 0.6 is 0 Å². The normalized spacial score (nSPS) is 18.6. The molecule has 0 spiro atoms. The van der Waals surface area contributed by atoms with Crippen LogP contribution in [0.4, 0.5) is 11.4 Å². The molecule has 10 heteroatoms. The van der Waals surface area contributed by atoms with E-state index in [2.05, 4.69) is 10.1 Å². The molecule has 1 aliphatic rings. The summed E-state index contributed by atoms with van der Waals surface area (Å²) in [4.78, 5) is 9.85. The van der Waals surface area contributed by atoms with Crippen LogP contribution in [0.5, 0.6) is 0 Å². The lowest BCUT2D eigenvalue weighted by Gasteiger charge is -2.13. The van der Waals surface area contributed by atoms with Gasteiger partial charge in [0.05, 0.1) is 17.2 Å². The van der Waals surface area contributed by atoms with E-state index in [0.29, 0.717) is 13.2 Å². The maximum atomic E-state index is 12.3. The van der Waals surface area contributed by atoms with Gasteiger partial charge in [-0.15, -0.1) is 0 Å². The molecule has 116 valence electrons. The summed E-state index contributed by atoms with van der Waals surface area (Å²) in [5, 5.41) is 10.8. The SMILES string of the molecule is NNc1ccc([N+](=O)[O-])cc1S(=O)(=O)NCC1CCOC1. The number of rotatable bonds is 6. The van der Waals surface area contributed by atoms with Crippen molar-refractivity contribution in [3.05, 3.63) is 28.3 Å². The van der Waals surface area contributed by atoms with Crippen molar-refractivity contribution in [1.82, 2.24) is 4.72 Å². The van der Waals surface area contributed by atoms with Gasteiger partial charge >= 0.3 is 0 Å². The first-order chi connectivity index (χ1) is 9.94. The molecule has 0 aliphatic carbocycles. The highest BCUT2D eigenvalue weighted by atomic mass is 32.2. The zero-order valence-corrected chi connectivity index (χ0v) is 11.9. The largest absolute Gasteiger partial charge is 0.381 e. The number of nitrogen functional groups attached to an aromatic ring is 1. The van der Waals surface area contributed by atoms with E-state index < -0.39 is 14.9 Å². The summed E-state index contributed by atoms with van der Waals surface area (Å²) in [7, 11) is -3.90. The van der Waals surface area contributed by atoms with Gasteiger partial charge in [0, 0.05) is 25.3 Å². The first kappa shape index (κ1) is 15.6. The van der Waals surface area contributed by atoms with E-state index in [1.807, 2.05) is 0 Å². The predicted octanol–water partition coefficient (Wildman–Crippen LogP) is 0.195. The van der Waals surface area contributed by atoms with Crippen molar-refractivity contribution in [2.24, 2.45) is 11.8 Å². The molecule has 1 aromatic carbocycles. The maximum absolute atomic E-state index is 12.3. The fourth-order valence-electron chi connectivity index (χ4n) is 2.02. The Morgan fingerprint density at radius 1 is 1.48 bits per heavy atom. The fourth-order valence-corrected chi connectivity index (χ4v) is 3.32. The standard InChI is InChI=1S/C11H16N4O5S/c12-14-10-2-1-9(15(16)17)5-11(10)21(18,19)13-6-8-3-4-20-7-8/h1-2,5,8,13-14H,3-4,6-7,12H2. The second-order valence-electron chi connectivity index (χ2n) is 4.66. The van der Waals surface area contributed by atoms with Crippen molar-refractivity contribution >= 4 is 21.4 Å². The highest BCUT2D eigenvalue weighted by molar-refractivity contribution is 7.89. The van der Waals surface area contributed by atoms with Crippen LogP contribution in [0.3, 0.4) is 0 Å². The Hall–Kier alpha value is -1.75. The molecule has 9 nitrogen and oxygen atoms in total. The molecule has 0 bridgehead atoms. The van der Waals surface area contributed by atoms with E-state index in [4.69, 9.17) is 10.6 Å². The highest BCUT2D eigenvalue weighted by Crippen LogP contribution is 2.26. The number of nitrogens with one attached hydrogen (secondary N) is 2. The van der Waals surface area contributed by atoms with Crippen molar-refractivity contribution < 1.29 is 18.1 Å². The molecule has 1 fully saturated rings. The van der Waals surface area contributed by atoms with Gasteiger partial charge in [0.25, 0.3) is 5.69 Å². The summed E-state index contributed by atoms with van der Waals surface area (Å²) in [6.07, 6.45) is 0.777. The van der Waals surface area contributed by atoms with Gasteiger partial charge in [0.15, 0.2) is 0 Å². The van der Waals surface area contributed by atoms with Gasteiger partial charge < -0.3 is 10.2 Å². The summed E-state index contributed by atoms with van der Waals surface area (Å²) in [5.74, 6) is 5.36. The third-order valence-electron chi connectivity index (χ3n) is 3.21. The predicted molar refractivity (Wildman–Crippen MR) is 75.0 cm³/mol. The van der Waals surface area contributed by atoms with Crippen LogP contribution in [0.15, 0.2) is 23.1 Å². The molecular weight excluding hydrogens is 300 g/mol. The number of nitro benzene ring substituents is 1. The maximum Gasteiger partial charge on any atom is 0.270 e. The number of ether oxygens (including phenoxy) is 1. The molecule has 1 unspecified atom stereocenters. The van der Waals surface area contributed by atoms with Gasteiger partial charge in [-0.05, 0) is 18.4 Å². The van der Waals surface area contributed by atoms with Gasteiger partial charge in [-0.1, -0.05) is 0 Å². The Kier molecular flexibility index (Phi) is 4.73. The molecule has 4 N–H and O–H groups in total. The van der Waals surface area contributed by atoms with E-state index >= 15 is 0 Å². The van der Waals surface area contributed by atoms with Crippen LogP contribution in [0.25, 0.3) is 0 Å². The van der Waals surface area contributed by atoms with Gasteiger partial charge in [0.1, 0.15) is 4.90 Å². The minimum Gasteiger partial charge on any atom is -0.381 e. The van der Waals surface area contributed by atoms with Crippen LogP contribution in [-0.4, -0.2) is 33.1 Å². The third kappa shape index (κ3) is 3.67. The Balaban J connectivity index is 2.24. The molecule has 1 saturated heterocycles. The average Bonchev–Trinajstić information content (AvgIpc) is 2.98. The lowest BCUT2D eigenvalue weighted by molar-refractivity contribution is -0.385. The molecule has 21 heavy (non-hydrogen) atoms. The third-order valence-corrected chi connectivity index (χ3v) is 4.67. The van der Waals surface area contributed by atoms with Crippen molar-refractivity contribution in [3.8, 4) is 0 Å². The zero-order chi connectivity index (χ0) is 15.5. The monoisotopic (exact) mass is 316 g/mol. The van der Waals surface area contributed by atoms with E-state index in [1.54, 1.807) is 0 Å². The van der Waals surface area contributed by atoms with Gasteiger partial charge in [-0.2, -0.15) is 0 Å². The Labute approximate surface area is 121 Å². The van der Waals surface area contributed by atoms with Crippen LogP contribution in [0.2, 0.25) is 0 Å². The number of non-ortho nitro benzene ring substituents is 1. The number of sulfonamides is 1. The quantitative estimate of drug-likeness (QED) is 0.387. The van der Waals surface area contributed by atoms with Crippen molar-refractivity contribution in [3.63, 3.8) is 0 Å². The summed E-state index contributed by atoms with van der Waals surface area (Å²) in [6, 6.07) is 3.41. The molecular formula is C11H16N4O5S. The fraction of sp³-hybridized carbons (Fsp3) is 0.455. The van der Waals surface area contributed by atoms with E-state index in [0.717, 1.165) is 12.5 Å². The lowest BCUT2D eigenvalue weighted by atomic mass is 10.1. The van der Waals surface area contributed by atoms with Gasteiger partial charge in [-0.3, -0.25) is 16.0 Å². The lowest BCUT2D eigenvalue weighted by Crippen LogP contribution is -2.30. The molecule has 1 aliphatic heterocycles. The Morgan fingerprint density at radius 2 is 2.24 bits per heavy atom. The second kappa shape index (κ2) is 6.35. The smallest absolute Gasteiger partial charge is 0.270 e. The average molecular weight is 316 g/mol. The summed E-state index contributed by atoms with van der Waals surface area (Å²) >= 11 is 0. The minimum atomic E-state index is -3.90. The van der Waals surface area contributed by atoms with Crippen LogP contribution in [0.1, 0.15) is 6.42 Å². The first-order valence-electron chi connectivity index (χ1n) is 6.26.